The van der Waals surface area contributed by atoms with Crippen LogP contribution < -0.4 is 10.2 Å². The van der Waals surface area contributed by atoms with E-state index in [1.165, 1.54) is 29.2 Å². The monoisotopic (exact) mass is 670 g/mol. The van der Waals surface area contributed by atoms with E-state index in [1.807, 2.05) is 20.8 Å². The fraction of sp³-hybridized carbons (Fsp3) is 0.457. The molecular formula is C35H41F3N4O6. The zero-order valence-electron chi connectivity index (χ0n) is 27.9. The molecule has 0 aliphatic carbocycles. The Morgan fingerprint density at radius 1 is 0.958 bits per heavy atom. The molecule has 1 fully saturated rings. The number of carboxylic acids is 1. The van der Waals surface area contributed by atoms with E-state index >= 15 is 0 Å². The van der Waals surface area contributed by atoms with Crippen LogP contribution in [0.3, 0.4) is 0 Å². The Hall–Kier alpha value is -4.86. The Labute approximate surface area is 277 Å². The van der Waals surface area contributed by atoms with Gasteiger partial charge in [-0.2, -0.15) is 13.2 Å². The van der Waals surface area contributed by atoms with Crippen molar-refractivity contribution in [2.75, 3.05) is 29.9 Å². The number of halogens is 3. The number of hydrogen-bond acceptors (Lipinski definition) is 6. The summed E-state index contributed by atoms with van der Waals surface area (Å²) in [6.07, 6.45) is -4.41. The number of carbonyl (C=O) groups excluding carboxylic acids is 2. The molecule has 2 aromatic carbocycles. The number of carboxylic acid groups (broad SMARTS) is 1. The average molecular weight is 671 g/mol. The summed E-state index contributed by atoms with van der Waals surface area (Å²) in [6, 6.07) is 12.2. The van der Waals surface area contributed by atoms with Crippen molar-refractivity contribution in [3.63, 3.8) is 0 Å². The molecule has 0 bridgehead atoms. The number of anilines is 2. The second-order valence-corrected chi connectivity index (χ2v) is 13.6. The lowest BCUT2D eigenvalue weighted by Gasteiger charge is -2.34. The number of benzene rings is 2. The van der Waals surface area contributed by atoms with Crippen molar-refractivity contribution in [1.29, 1.82) is 0 Å². The summed E-state index contributed by atoms with van der Waals surface area (Å²) in [5.41, 5.74) is -0.0530. The van der Waals surface area contributed by atoms with E-state index in [1.54, 1.807) is 49.9 Å². The van der Waals surface area contributed by atoms with E-state index in [0.717, 1.165) is 4.57 Å². The van der Waals surface area contributed by atoms with Gasteiger partial charge in [0.2, 0.25) is 0 Å². The van der Waals surface area contributed by atoms with Gasteiger partial charge < -0.3 is 29.4 Å². The second kappa shape index (κ2) is 14.1. The molecule has 48 heavy (non-hydrogen) atoms. The molecule has 10 nitrogen and oxygen atoms in total. The van der Waals surface area contributed by atoms with Gasteiger partial charge in [-0.3, -0.25) is 4.90 Å². The Morgan fingerprint density at radius 3 is 2.15 bits per heavy atom. The molecule has 2 heterocycles. The fourth-order valence-corrected chi connectivity index (χ4v) is 5.19. The summed E-state index contributed by atoms with van der Waals surface area (Å²) in [6.45, 7) is 9.92. The van der Waals surface area contributed by atoms with Crippen molar-refractivity contribution >= 4 is 40.4 Å². The number of rotatable bonds is 6. The highest BCUT2D eigenvalue weighted by Gasteiger charge is 2.31. The van der Waals surface area contributed by atoms with Crippen molar-refractivity contribution in [3.05, 3.63) is 59.8 Å². The summed E-state index contributed by atoms with van der Waals surface area (Å²) >= 11 is 0. The number of hydrogen-bond donors (Lipinski definition) is 2. The van der Waals surface area contributed by atoms with E-state index in [-0.39, 0.29) is 29.9 Å². The molecule has 258 valence electrons. The number of aromatic nitrogens is 1. The molecule has 1 saturated heterocycles. The van der Waals surface area contributed by atoms with Crippen molar-refractivity contribution in [2.45, 2.75) is 84.3 Å². The van der Waals surface area contributed by atoms with E-state index in [9.17, 15) is 32.7 Å². The molecule has 0 unspecified atom stereocenters. The third kappa shape index (κ3) is 9.82. The summed E-state index contributed by atoms with van der Waals surface area (Å²) in [5.74, 6) is 4.51. The summed E-state index contributed by atoms with van der Waals surface area (Å²) in [7, 11) is 0. The first kappa shape index (κ1) is 36.0. The van der Waals surface area contributed by atoms with Crippen molar-refractivity contribution in [3.8, 4) is 11.8 Å². The zero-order chi connectivity index (χ0) is 35.4. The molecule has 0 radical (unpaired) electrons. The molecule has 1 aliphatic heterocycles. The molecule has 13 heteroatoms. The SMILES string of the molecule is CC(C)(C)OC(=O)N1CCC(Nc2cccc3c2cc(C#CCN(C(=O)OC(C)(C)C)c2ccc(C(=O)O)cc2)n3CC(F)(F)F)CC1. The van der Waals surface area contributed by atoms with Gasteiger partial charge in [-0.05, 0) is 103 Å². The molecule has 0 saturated carbocycles. The van der Waals surface area contributed by atoms with Crippen LogP contribution in [0.15, 0.2) is 48.5 Å². The summed E-state index contributed by atoms with van der Waals surface area (Å²) < 4.78 is 53.5. The summed E-state index contributed by atoms with van der Waals surface area (Å²) in [5, 5.41) is 13.2. The molecule has 3 aromatic rings. The lowest BCUT2D eigenvalue weighted by atomic mass is 10.0. The van der Waals surface area contributed by atoms with Gasteiger partial charge in [0.25, 0.3) is 0 Å². The van der Waals surface area contributed by atoms with Crippen LogP contribution in [-0.2, 0) is 16.0 Å². The van der Waals surface area contributed by atoms with Crippen LogP contribution in [0.2, 0.25) is 0 Å². The first-order chi connectivity index (χ1) is 22.3. The van der Waals surface area contributed by atoms with Gasteiger partial charge in [0.1, 0.15) is 17.7 Å². The molecule has 0 spiro atoms. The quantitative estimate of drug-likeness (QED) is 0.261. The minimum Gasteiger partial charge on any atom is -0.478 e. The third-order valence-electron chi connectivity index (χ3n) is 7.28. The number of ether oxygens (including phenoxy) is 2. The van der Waals surface area contributed by atoms with Crippen molar-refractivity contribution in [1.82, 2.24) is 9.47 Å². The number of carbonyl (C=O) groups is 3. The highest BCUT2D eigenvalue weighted by molar-refractivity contribution is 5.94. The van der Waals surface area contributed by atoms with Gasteiger partial charge in [0.15, 0.2) is 0 Å². The van der Waals surface area contributed by atoms with Gasteiger partial charge in [0.05, 0.1) is 23.3 Å². The molecule has 4 rings (SSSR count). The maximum atomic E-state index is 13.8. The molecule has 2 amide bonds. The lowest BCUT2D eigenvalue weighted by Crippen LogP contribution is -2.44. The Bertz CT molecular complexity index is 1700. The number of amides is 2. The standard InChI is InChI=1S/C35H41F3N4O6/c1-33(2,3)47-31(45)40-19-16-24(17-20-40)39-28-10-7-11-29-27(28)21-26(42(29)22-35(36,37)38)9-8-18-41(32(46)48-34(4,5)6)25-14-12-23(13-15-25)30(43)44/h7,10-15,21,24,39H,16-20,22H2,1-6H3,(H,43,44). The average Bonchev–Trinajstić information content (AvgIpc) is 3.30. The minimum absolute atomic E-state index is 0.0173. The van der Waals surface area contributed by atoms with Gasteiger partial charge in [-0.1, -0.05) is 12.0 Å². The van der Waals surface area contributed by atoms with E-state index in [4.69, 9.17) is 9.47 Å². The predicted molar refractivity (Wildman–Crippen MR) is 176 cm³/mol. The topological polar surface area (TPSA) is 113 Å². The van der Waals surface area contributed by atoms with Gasteiger partial charge >= 0.3 is 24.3 Å². The van der Waals surface area contributed by atoms with Crippen LogP contribution >= 0.6 is 0 Å². The molecule has 0 atom stereocenters. The molecular weight excluding hydrogens is 629 g/mol. The van der Waals surface area contributed by atoms with Gasteiger partial charge in [-0.15, -0.1) is 0 Å². The van der Waals surface area contributed by atoms with E-state index in [2.05, 4.69) is 17.2 Å². The summed E-state index contributed by atoms with van der Waals surface area (Å²) in [4.78, 5) is 39.7. The maximum absolute atomic E-state index is 13.8. The highest BCUT2D eigenvalue weighted by Crippen LogP contribution is 2.31. The van der Waals surface area contributed by atoms with Crippen LogP contribution in [0, 0.1) is 11.8 Å². The number of alkyl halides is 3. The van der Waals surface area contributed by atoms with Crippen LogP contribution in [-0.4, -0.2) is 75.8 Å². The predicted octanol–water partition coefficient (Wildman–Crippen LogP) is 7.51. The smallest absolute Gasteiger partial charge is 0.415 e. The third-order valence-corrected chi connectivity index (χ3v) is 7.28. The zero-order valence-corrected chi connectivity index (χ0v) is 27.9. The number of nitrogens with one attached hydrogen (secondary N) is 1. The van der Waals surface area contributed by atoms with Crippen molar-refractivity contribution < 1.29 is 42.1 Å². The van der Waals surface area contributed by atoms with Crippen LogP contribution in [0.5, 0.6) is 0 Å². The molecule has 1 aliphatic rings. The minimum atomic E-state index is -4.53. The molecule has 2 N–H and O–H groups in total. The number of aromatic carboxylic acids is 1. The Kier molecular flexibility index (Phi) is 10.6. The Balaban J connectivity index is 1.61. The van der Waals surface area contributed by atoms with Gasteiger partial charge in [0, 0.05) is 35.9 Å². The van der Waals surface area contributed by atoms with Crippen LogP contribution in [0.4, 0.5) is 34.1 Å². The number of likely N-dealkylation sites (tertiary alicyclic amines) is 1. The molecule has 1 aromatic heterocycles. The number of piperidine rings is 1. The van der Waals surface area contributed by atoms with Gasteiger partial charge in [-0.25, -0.2) is 14.4 Å². The lowest BCUT2D eigenvalue weighted by molar-refractivity contribution is -0.140. The highest BCUT2D eigenvalue weighted by atomic mass is 19.4. The first-order valence-corrected chi connectivity index (χ1v) is 15.6. The van der Waals surface area contributed by atoms with E-state index in [0.29, 0.717) is 48.2 Å². The number of nitrogens with zero attached hydrogens (tertiary/aromatic N) is 3. The Morgan fingerprint density at radius 2 is 1.58 bits per heavy atom. The van der Waals surface area contributed by atoms with E-state index < -0.39 is 36.0 Å². The van der Waals surface area contributed by atoms with Crippen LogP contribution in [0.1, 0.15) is 70.4 Å². The fourth-order valence-electron chi connectivity index (χ4n) is 5.19. The second-order valence-electron chi connectivity index (χ2n) is 13.6. The number of fused-ring (bicyclic) bond motifs is 1. The normalized spacial score (nSPS) is 14.2. The largest absolute Gasteiger partial charge is 0.478 e. The maximum Gasteiger partial charge on any atom is 0.415 e. The van der Waals surface area contributed by atoms with Crippen LogP contribution in [0.25, 0.3) is 10.9 Å². The van der Waals surface area contributed by atoms with Crippen molar-refractivity contribution in [2.24, 2.45) is 0 Å². The first-order valence-electron chi connectivity index (χ1n) is 15.6.